The molecule has 0 spiro atoms. The fourth-order valence-corrected chi connectivity index (χ4v) is 2.41. The molecule has 0 amide bonds. The van der Waals surface area contributed by atoms with Crippen molar-refractivity contribution in [3.8, 4) is 10.6 Å². The maximum atomic E-state index is 13.6. The molecule has 0 unspecified atom stereocenters. The lowest BCUT2D eigenvalue weighted by Gasteiger charge is -2.00. The van der Waals surface area contributed by atoms with E-state index in [-0.39, 0.29) is 0 Å². The molecule has 0 aliphatic rings. The van der Waals surface area contributed by atoms with Crippen LogP contribution in [-0.4, -0.2) is 11.5 Å². The summed E-state index contributed by atoms with van der Waals surface area (Å²) in [6.45, 7) is 3.69. The van der Waals surface area contributed by atoms with E-state index in [4.69, 9.17) is 0 Å². The van der Waals surface area contributed by atoms with Crippen LogP contribution in [0.25, 0.3) is 10.6 Å². The van der Waals surface area contributed by atoms with Crippen molar-refractivity contribution < 1.29 is 8.78 Å². The molecule has 0 aliphatic heterocycles. The van der Waals surface area contributed by atoms with E-state index in [0.717, 1.165) is 24.7 Å². The Morgan fingerprint density at radius 2 is 2.17 bits per heavy atom. The van der Waals surface area contributed by atoms with Crippen LogP contribution >= 0.6 is 11.3 Å². The summed E-state index contributed by atoms with van der Waals surface area (Å²) in [5.41, 5.74) is 1.23. The smallest absolute Gasteiger partial charge is 0.136 e. The zero-order valence-corrected chi connectivity index (χ0v) is 10.9. The quantitative estimate of drug-likeness (QED) is 0.838. The molecule has 1 aromatic heterocycles. The number of nitrogens with zero attached hydrogens (tertiary/aromatic N) is 1. The summed E-state index contributed by atoms with van der Waals surface area (Å²) in [5.74, 6) is -1.14. The van der Waals surface area contributed by atoms with Gasteiger partial charge < -0.3 is 5.32 Å². The first-order valence-corrected chi connectivity index (χ1v) is 6.69. The second-order valence-corrected chi connectivity index (χ2v) is 4.80. The monoisotopic (exact) mass is 268 g/mol. The number of hydrogen-bond acceptors (Lipinski definition) is 3. The summed E-state index contributed by atoms with van der Waals surface area (Å²) in [7, 11) is 0. The van der Waals surface area contributed by atoms with Gasteiger partial charge in [-0.3, -0.25) is 0 Å². The average molecular weight is 268 g/mol. The summed E-state index contributed by atoms with van der Waals surface area (Å²) in [4.78, 5) is 4.34. The van der Waals surface area contributed by atoms with Crippen LogP contribution in [-0.2, 0) is 6.54 Å². The predicted molar refractivity (Wildman–Crippen MR) is 69.5 cm³/mol. The second kappa shape index (κ2) is 6.02. The van der Waals surface area contributed by atoms with Gasteiger partial charge in [-0.25, -0.2) is 13.8 Å². The zero-order chi connectivity index (χ0) is 13.0. The minimum Gasteiger partial charge on any atom is -0.311 e. The summed E-state index contributed by atoms with van der Waals surface area (Å²) in [6, 6.07) is 3.55. The van der Waals surface area contributed by atoms with Crippen molar-refractivity contribution in [1.82, 2.24) is 10.3 Å². The maximum Gasteiger partial charge on any atom is 0.136 e. The standard InChI is InChI=1S/C13H14F2N2S/c1-2-5-16-7-10-8-18-13(17-10)11-4-3-9(14)6-12(11)15/h3-4,6,8,16H,2,5,7H2,1H3. The number of nitrogens with one attached hydrogen (secondary N) is 1. The highest BCUT2D eigenvalue weighted by molar-refractivity contribution is 7.13. The Balaban J connectivity index is 2.13. The van der Waals surface area contributed by atoms with Crippen molar-refractivity contribution in [2.24, 2.45) is 0 Å². The molecule has 1 N–H and O–H groups in total. The van der Waals surface area contributed by atoms with Crippen LogP contribution in [0.3, 0.4) is 0 Å². The van der Waals surface area contributed by atoms with Gasteiger partial charge in [0.15, 0.2) is 0 Å². The third kappa shape index (κ3) is 3.11. The molecule has 96 valence electrons. The maximum absolute atomic E-state index is 13.6. The molecule has 0 bridgehead atoms. The Labute approximate surface area is 109 Å². The number of thiazole rings is 1. The first-order chi connectivity index (χ1) is 8.70. The summed E-state index contributed by atoms with van der Waals surface area (Å²) >= 11 is 1.37. The average Bonchev–Trinajstić information content (AvgIpc) is 2.78. The molecule has 1 heterocycles. The third-order valence-corrected chi connectivity index (χ3v) is 3.37. The van der Waals surface area contributed by atoms with Crippen molar-refractivity contribution in [3.63, 3.8) is 0 Å². The van der Waals surface area contributed by atoms with Gasteiger partial charge in [0, 0.05) is 23.6 Å². The fraction of sp³-hybridized carbons (Fsp3) is 0.308. The number of halogens is 2. The lowest BCUT2D eigenvalue weighted by atomic mass is 10.2. The molecular formula is C13H14F2N2S. The van der Waals surface area contributed by atoms with Crippen molar-refractivity contribution in [3.05, 3.63) is 40.9 Å². The molecule has 0 atom stereocenters. The van der Waals surface area contributed by atoms with E-state index in [0.29, 0.717) is 17.1 Å². The molecular weight excluding hydrogens is 254 g/mol. The zero-order valence-electron chi connectivity index (χ0n) is 10.0. The van der Waals surface area contributed by atoms with Crippen molar-refractivity contribution >= 4 is 11.3 Å². The van der Waals surface area contributed by atoms with Gasteiger partial charge in [0.2, 0.25) is 0 Å². The molecule has 0 aliphatic carbocycles. The largest absolute Gasteiger partial charge is 0.311 e. The minimum absolute atomic E-state index is 0.350. The van der Waals surface area contributed by atoms with E-state index in [1.165, 1.54) is 23.5 Å². The summed E-state index contributed by atoms with van der Waals surface area (Å²) < 4.78 is 26.4. The first kappa shape index (κ1) is 13.1. The third-order valence-electron chi connectivity index (χ3n) is 2.45. The Morgan fingerprint density at radius 3 is 2.89 bits per heavy atom. The lowest BCUT2D eigenvalue weighted by molar-refractivity contribution is 0.585. The van der Waals surface area contributed by atoms with Crippen LogP contribution < -0.4 is 5.32 Å². The number of rotatable bonds is 5. The summed E-state index contributed by atoms with van der Waals surface area (Å²) in [6.07, 6.45) is 1.06. The van der Waals surface area contributed by atoms with Gasteiger partial charge in [0.25, 0.3) is 0 Å². The minimum atomic E-state index is -0.572. The highest BCUT2D eigenvalue weighted by atomic mass is 32.1. The fourth-order valence-electron chi connectivity index (χ4n) is 1.57. The molecule has 18 heavy (non-hydrogen) atoms. The molecule has 0 radical (unpaired) electrons. The second-order valence-electron chi connectivity index (χ2n) is 3.94. The predicted octanol–water partition coefficient (Wildman–Crippen LogP) is 3.59. The van der Waals surface area contributed by atoms with E-state index in [1.807, 2.05) is 5.38 Å². The molecule has 0 fully saturated rings. The van der Waals surface area contributed by atoms with Crippen LogP contribution in [0, 0.1) is 11.6 Å². The van der Waals surface area contributed by atoms with Gasteiger partial charge in [-0.15, -0.1) is 11.3 Å². The van der Waals surface area contributed by atoms with E-state index in [2.05, 4.69) is 17.2 Å². The molecule has 2 nitrogen and oxygen atoms in total. The Hall–Kier alpha value is -1.33. The van der Waals surface area contributed by atoms with Gasteiger partial charge in [0.1, 0.15) is 16.6 Å². The van der Waals surface area contributed by atoms with Crippen LogP contribution in [0.4, 0.5) is 8.78 Å². The van der Waals surface area contributed by atoms with E-state index in [1.54, 1.807) is 0 Å². The highest BCUT2D eigenvalue weighted by Crippen LogP contribution is 2.26. The first-order valence-electron chi connectivity index (χ1n) is 5.81. The van der Waals surface area contributed by atoms with Gasteiger partial charge in [-0.1, -0.05) is 6.92 Å². The van der Waals surface area contributed by atoms with Gasteiger partial charge in [-0.05, 0) is 25.1 Å². The Bertz CT molecular complexity index is 525. The van der Waals surface area contributed by atoms with Crippen LogP contribution in [0.5, 0.6) is 0 Å². The van der Waals surface area contributed by atoms with E-state index in [9.17, 15) is 8.78 Å². The molecule has 5 heteroatoms. The lowest BCUT2D eigenvalue weighted by Crippen LogP contribution is -2.13. The van der Waals surface area contributed by atoms with Crippen molar-refractivity contribution in [2.45, 2.75) is 19.9 Å². The van der Waals surface area contributed by atoms with E-state index < -0.39 is 11.6 Å². The topological polar surface area (TPSA) is 24.9 Å². The molecule has 2 aromatic rings. The number of benzene rings is 1. The molecule has 0 saturated heterocycles. The Kier molecular flexibility index (Phi) is 4.38. The molecule has 0 saturated carbocycles. The van der Waals surface area contributed by atoms with Gasteiger partial charge in [-0.2, -0.15) is 0 Å². The SMILES string of the molecule is CCCNCc1csc(-c2ccc(F)cc2F)n1. The summed E-state index contributed by atoms with van der Waals surface area (Å²) in [5, 5.41) is 5.70. The number of aromatic nitrogens is 1. The van der Waals surface area contributed by atoms with E-state index >= 15 is 0 Å². The van der Waals surface area contributed by atoms with Crippen LogP contribution in [0.1, 0.15) is 19.0 Å². The van der Waals surface area contributed by atoms with Crippen molar-refractivity contribution in [2.75, 3.05) is 6.54 Å². The molecule has 1 aromatic carbocycles. The van der Waals surface area contributed by atoms with Gasteiger partial charge >= 0.3 is 0 Å². The molecule has 2 rings (SSSR count). The Morgan fingerprint density at radius 1 is 1.33 bits per heavy atom. The van der Waals surface area contributed by atoms with Crippen LogP contribution in [0.2, 0.25) is 0 Å². The van der Waals surface area contributed by atoms with Gasteiger partial charge in [0.05, 0.1) is 5.69 Å². The number of hydrogen-bond donors (Lipinski definition) is 1. The normalized spacial score (nSPS) is 10.8. The van der Waals surface area contributed by atoms with Crippen LogP contribution in [0.15, 0.2) is 23.6 Å². The van der Waals surface area contributed by atoms with Crippen molar-refractivity contribution in [1.29, 1.82) is 0 Å². The highest BCUT2D eigenvalue weighted by Gasteiger charge is 2.10.